The maximum Gasteiger partial charge on any atom is 0.0973 e. The molecule has 1 heterocycles. The minimum Gasteiger partial charge on any atom is -0.244 e. The van der Waals surface area contributed by atoms with E-state index < -0.39 is 0 Å². The van der Waals surface area contributed by atoms with Crippen molar-refractivity contribution in [1.82, 2.24) is 9.97 Å². The molecular weight excluding hydrogens is 556 g/mol. The number of nitrogens with zero attached hydrogens (tertiary/aromatic N) is 2. The Bertz CT molecular complexity index is 2230. The van der Waals surface area contributed by atoms with E-state index in [-0.39, 0.29) is 10.8 Å². The first-order valence-corrected chi connectivity index (χ1v) is 16.1. The fourth-order valence-electron chi connectivity index (χ4n) is 7.27. The van der Waals surface area contributed by atoms with Gasteiger partial charge in [-0.15, -0.1) is 0 Å². The quantitative estimate of drug-likeness (QED) is 0.203. The number of benzene rings is 6. The molecule has 0 saturated carbocycles. The second-order valence-electron chi connectivity index (χ2n) is 13.5. The Labute approximate surface area is 271 Å². The Morgan fingerprint density at radius 2 is 0.870 bits per heavy atom. The molecule has 0 N–H and O–H groups in total. The molecule has 0 radical (unpaired) electrons. The van der Waals surface area contributed by atoms with Crippen molar-refractivity contribution in [3.05, 3.63) is 157 Å². The van der Waals surface area contributed by atoms with E-state index in [0.717, 1.165) is 33.5 Å². The fraction of sp³-hybridized carbons (Fsp3) is 0.136. The zero-order valence-electron chi connectivity index (χ0n) is 26.8. The molecule has 6 aromatic carbocycles. The van der Waals surface area contributed by atoms with Crippen LogP contribution >= 0.6 is 0 Å². The largest absolute Gasteiger partial charge is 0.244 e. The molecule has 2 heteroatoms. The molecule has 0 bridgehead atoms. The van der Waals surface area contributed by atoms with Crippen LogP contribution in [0.25, 0.3) is 66.9 Å². The van der Waals surface area contributed by atoms with Crippen LogP contribution in [-0.4, -0.2) is 9.97 Å². The van der Waals surface area contributed by atoms with Crippen LogP contribution in [0.1, 0.15) is 38.8 Å². The van der Waals surface area contributed by atoms with Crippen molar-refractivity contribution >= 4 is 11.0 Å². The van der Waals surface area contributed by atoms with Gasteiger partial charge in [0.15, 0.2) is 0 Å². The van der Waals surface area contributed by atoms with Gasteiger partial charge in [0.05, 0.1) is 22.4 Å². The van der Waals surface area contributed by atoms with E-state index in [0.29, 0.717) is 0 Å². The van der Waals surface area contributed by atoms with E-state index in [1.165, 1.54) is 44.5 Å². The molecule has 0 amide bonds. The summed E-state index contributed by atoms with van der Waals surface area (Å²) in [5.74, 6) is 0. The zero-order chi connectivity index (χ0) is 31.5. The van der Waals surface area contributed by atoms with Crippen molar-refractivity contribution in [1.29, 1.82) is 0 Å². The standard InChI is InChI=1S/C44H36N2/c1-43(2)37-27-26-33(28-36(37)35-19-13-18-34(40(35)44(43,3)4)31-16-9-6-10-17-31)42-41(45-38-20-11-12-21-39(38)46-42)32-24-22-30(23-25-32)29-14-7-5-8-15-29/h5-28H,1-4H3. The van der Waals surface area contributed by atoms with Crippen molar-refractivity contribution in [2.75, 3.05) is 0 Å². The van der Waals surface area contributed by atoms with E-state index in [1.807, 2.05) is 18.2 Å². The Kier molecular flexibility index (Phi) is 6.51. The molecule has 0 atom stereocenters. The number of hydrogen-bond acceptors (Lipinski definition) is 2. The molecule has 0 fully saturated rings. The molecule has 1 aromatic heterocycles. The number of hydrogen-bond donors (Lipinski definition) is 0. The Morgan fingerprint density at radius 3 is 1.52 bits per heavy atom. The maximum atomic E-state index is 5.27. The molecule has 0 spiro atoms. The molecule has 0 saturated heterocycles. The van der Waals surface area contributed by atoms with Gasteiger partial charge in [-0.3, -0.25) is 0 Å². The summed E-state index contributed by atoms with van der Waals surface area (Å²) in [6.07, 6.45) is 0. The third kappa shape index (κ3) is 4.40. The van der Waals surface area contributed by atoms with Gasteiger partial charge in [0.1, 0.15) is 0 Å². The van der Waals surface area contributed by atoms with Crippen LogP contribution < -0.4 is 0 Å². The highest BCUT2D eigenvalue weighted by Crippen LogP contribution is 2.56. The molecule has 46 heavy (non-hydrogen) atoms. The lowest BCUT2D eigenvalue weighted by atomic mass is 9.54. The topological polar surface area (TPSA) is 25.8 Å². The maximum absolute atomic E-state index is 5.27. The lowest BCUT2D eigenvalue weighted by Gasteiger charge is -2.49. The molecule has 0 unspecified atom stereocenters. The van der Waals surface area contributed by atoms with Crippen LogP contribution in [0.5, 0.6) is 0 Å². The molecule has 2 nitrogen and oxygen atoms in total. The highest BCUT2D eigenvalue weighted by Gasteiger charge is 2.47. The zero-order valence-corrected chi connectivity index (χ0v) is 26.8. The first kappa shape index (κ1) is 28.2. The average molecular weight is 593 g/mol. The van der Waals surface area contributed by atoms with Gasteiger partial charge in [0.25, 0.3) is 0 Å². The second kappa shape index (κ2) is 10.6. The summed E-state index contributed by atoms with van der Waals surface area (Å²) in [6, 6.07) is 52.0. The summed E-state index contributed by atoms with van der Waals surface area (Å²) < 4.78 is 0. The molecule has 1 aliphatic carbocycles. The molecule has 222 valence electrons. The Hall–Kier alpha value is -5.34. The van der Waals surface area contributed by atoms with Gasteiger partial charge in [-0.1, -0.05) is 155 Å². The lowest BCUT2D eigenvalue weighted by Crippen LogP contribution is -2.44. The first-order valence-electron chi connectivity index (χ1n) is 16.1. The van der Waals surface area contributed by atoms with Gasteiger partial charge in [0.2, 0.25) is 0 Å². The summed E-state index contributed by atoms with van der Waals surface area (Å²) in [5, 5.41) is 0. The predicted octanol–water partition coefficient (Wildman–Crippen LogP) is 11.5. The van der Waals surface area contributed by atoms with Crippen molar-refractivity contribution in [2.45, 2.75) is 38.5 Å². The van der Waals surface area contributed by atoms with Gasteiger partial charge < -0.3 is 0 Å². The molecule has 8 rings (SSSR count). The number of rotatable bonds is 4. The molecule has 7 aromatic rings. The number of para-hydroxylation sites is 2. The third-order valence-electron chi connectivity index (χ3n) is 10.4. The third-order valence-corrected chi connectivity index (χ3v) is 10.4. The minimum atomic E-state index is -0.107. The van der Waals surface area contributed by atoms with Crippen molar-refractivity contribution < 1.29 is 0 Å². The van der Waals surface area contributed by atoms with E-state index in [4.69, 9.17) is 9.97 Å². The van der Waals surface area contributed by atoms with E-state index in [9.17, 15) is 0 Å². The van der Waals surface area contributed by atoms with Crippen LogP contribution in [0.4, 0.5) is 0 Å². The number of fused-ring (bicyclic) bond motifs is 4. The van der Waals surface area contributed by atoms with Crippen LogP contribution in [-0.2, 0) is 10.8 Å². The van der Waals surface area contributed by atoms with Gasteiger partial charge in [-0.2, -0.15) is 0 Å². The summed E-state index contributed by atoms with van der Waals surface area (Å²) in [6.45, 7) is 9.60. The summed E-state index contributed by atoms with van der Waals surface area (Å²) in [5.41, 5.74) is 15.8. The second-order valence-corrected chi connectivity index (χ2v) is 13.5. The van der Waals surface area contributed by atoms with E-state index in [1.54, 1.807) is 0 Å². The van der Waals surface area contributed by atoms with Crippen LogP contribution in [0, 0.1) is 0 Å². The molecular formula is C44H36N2. The Balaban J connectivity index is 1.34. The van der Waals surface area contributed by atoms with Gasteiger partial charge in [-0.05, 0) is 68.1 Å². The van der Waals surface area contributed by atoms with Gasteiger partial charge in [0, 0.05) is 16.5 Å². The summed E-state index contributed by atoms with van der Waals surface area (Å²) in [4.78, 5) is 10.5. The highest BCUT2D eigenvalue weighted by atomic mass is 14.8. The highest BCUT2D eigenvalue weighted by molar-refractivity contribution is 5.91. The van der Waals surface area contributed by atoms with Crippen LogP contribution in [0.2, 0.25) is 0 Å². The first-order chi connectivity index (χ1) is 22.3. The lowest BCUT2D eigenvalue weighted by molar-refractivity contribution is 0.300. The monoisotopic (exact) mass is 592 g/mol. The van der Waals surface area contributed by atoms with Crippen LogP contribution in [0.3, 0.4) is 0 Å². The van der Waals surface area contributed by atoms with E-state index in [2.05, 4.69) is 155 Å². The van der Waals surface area contributed by atoms with Crippen molar-refractivity contribution in [3.8, 4) is 55.9 Å². The van der Waals surface area contributed by atoms with Gasteiger partial charge >= 0.3 is 0 Å². The van der Waals surface area contributed by atoms with Crippen molar-refractivity contribution in [2.24, 2.45) is 0 Å². The van der Waals surface area contributed by atoms with Crippen molar-refractivity contribution in [3.63, 3.8) is 0 Å². The SMILES string of the molecule is CC1(C)c2ccc(-c3nc4ccccc4nc3-c3ccc(-c4ccccc4)cc3)cc2-c2cccc(-c3ccccc3)c2C1(C)C. The minimum absolute atomic E-state index is 0.0995. The summed E-state index contributed by atoms with van der Waals surface area (Å²) in [7, 11) is 0. The predicted molar refractivity (Wildman–Crippen MR) is 193 cm³/mol. The van der Waals surface area contributed by atoms with E-state index >= 15 is 0 Å². The van der Waals surface area contributed by atoms with Crippen LogP contribution in [0.15, 0.2) is 146 Å². The molecule has 1 aliphatic rings. The normalized spacial score (nSPS) is 14.4. The smallest absolute Gasteiger partial charge is 0.0973 e. The average Bonchev–Trinajstić information content (AvgIpc) is 3.11. The Morgan fingerprint density at radius 1 is 0.370 bits per heavy atom. The fourth-order valence-corrected chi connectivity index (χ4v) is 7.27. The summed E-state index contributed by atoms with van der Waals surface area (Å²) >= 11 is 0. The molecule has 0 aliphatic heterocycles. The number of aromatic nitrogens is 2. The van der Waals surface area contributed by atoms with Gasteiger partial charge in [-0.25, -0.2) is 9.97 Å².